The first kappa shape index (κ1) is 12.4. The van der Waals surface area contributed by atoms with Gasteiger partial charge in [0.1, 0.15) is 0 Å². The summed E-state index contributed by atoms with van der Waals surface area (Å²) in [5, 5.41) is -0.482. The highest BCUT2D eigenvalue weighted by atomic mass is 35.5. The first-order chi connectivity index (χ1) is 8.66. The van der Waals surface area contributed by atoms with Crippen LogP contribution in [-0.4, -0.2) is 5.24 Å². The van der Waals surface area contributed by atoms with Gasteiger partial charge >= 0.3 is 0 Å². The summed E-state index contributed by atoms with van der Waals surface area (Å²) in [6.07, 6.45) is 3.81. The summed E-state index contributed by atoms with van der Waals surface area (Å²) in [6, 6.07) is 14.8. The average Bonchev–Trinajstić information content (AvgIpc) is 2.38. The number of hydrogen-bond acceptors (Lipinski definition) is 2. The second-order valence-electron chi connectivity index (χ2n) is 3.86. The molecule has 0 aromatic heterocycles. The molecule has 0 fully saturated rings. The lowest BCUT2D eigenvalue weighted by molar-refractivity contribution is 0.108. The minimum atomic E-state index is -0.482. The predicted octanol–water partition coefficient (Wildman–Crippen LogP) is 3.82. The Morgan fingerprint density at radius 1 is 1.06 bits per heavy atom. The number of rotatable bonds is 3. The highest BCUT2D eigenvalue weighted by molar-refractivity contribution is 6.67. The normalized spacial score (nSPS) is 10.7. The van der Waals surface area contributed by atoms with Crippen LogP contribution in [0.3, 0.4) is 0 Å². The molecular formula is C15H12ClNO. The summed E-state index contributed by atoms with van der Waals surface area (Å²) < 4.78 is 0. The number of carbonyl (C=O) groups is 1. The van der Waals surface area contributed by atoms with E-state index >= 15 is 0 Å². The summed E-state index contributed by atoms with van der Waals surface area (Å²) in [5.41, 5.74) is 8.76. The first-order valence-electron chi connectivity index (χ1n) is 5.49. The van der Waals surface area contributed by atoms with Crippen LogP contribution in [0.4, 0.5) is 5.69 Å². The number of halogens is 1. The molecule has 90 valence electrons. The van der Waals surface area contributed by atoms with Gasteiger partial charge in [0.15, 0.2) is 0 Å². The highest BCUT2D eigenvalue weighted by Gasteiger charge is 2.03. The van der Waals surface area contributed by atoms with Crippen molar-refractivity contribution < 1.29 is 4.79 Å². The van der Waals surface area contributed by atoms with E-state index in [0.29, 0.717) is 11.3 Å². The Kier molecular flexibility index (Phi) is 3.80. The molecule has 0 saturated carbocycles. The molecule has 0 heterocycles. The van der Waals surface area contributed by atoms with Crippen LogP contribution in [0.5, 0.6) is 0 Å². The van der Waals surface area contributed by atoms with Crippen LogP contribution in [-0.2, 0) is 0 Å². The van der Waals surface area contributed by atoms with Crippen LogP contribution < -0.4 is 5.73 Å². The highest BCUT2D eigenvalue weighted by Crippen LogP contribution is 2.18. The van der Waals surface area contributed by atoms with Crippen LogP contribution in [0.1, 0.15) is 21.5 Å². The standard InChI is InChI=1S/C15H12ClNO/c16-15(18)13-8-9-14(17)12(10-13)7-6-11-4-2-1-3-5-11/h1-10H,17H2. The summed E-state index contributed by atoms with van der Waals surface area (Å²) in [6.45, 7) is 0. The van der Waals surface area contributed by atoms with Crippen LogP contribution in [0.25, 0.3) is 12.2 Å². The molecule has 2 aromatic carbocycles. The van der Waals surface area contributed by atoms with E-state index in [1.807, 2.05) is 42.5 Å². The van der Waals surface area contributed by atoms with Gasteiger partial charge in [-0.05, 0) is 40.9 Å². The van der Waals surface area contributed by atoms with Crippen molar-refractivity contribution in [2.45, 2.75) is 0 Å². The van der Waals surface area contributed by atoms with Gasteiger partial charge in [-0.3, -0.25) is 4.79 Å². The Hall–Kier alpha value is -2.06. The third kappa shape index (κ3) is 2.99. The zero-order valence-electron chi connectivity index (χ0n) is 9.64. The van der Waals surface area contributed by atoms with Gasteiger partial charge in [0.05, 0.1) is 0 Å². The van der Waals surface area contributed by atoms with Crippen molar-refractivity contribution in [2.24, 2.45) is 0 Å². The predicted molar refractivity (Wildman–Crippen MR) is 76.4 cm³/mol. The maximum absolute atomic E-state index is 11.1. The van der Waals surface area contributed by atoms with Gasteiger partial charge in [0.2, 0.25) is 0 Å². The van der Waals surface area contributed by atoms with Crippen LogP contribution >= 0.6 is 11.6 Å². The molecule has 2 N–H and O–H groups in total. The fourth-order valence-electron chi connectivity index (χ4n) is 1.59. The molecule has 0 radical (unpaired) electrons. The average molecular weight is 258 g/mol. The van der Waals surface area contributed by atoms with Gasteiger partial charge in [-0.15, -0.1) is 0 Å². The minimum absolute atomic E-state index is 0.443. The van der Waals surface area contributed by atoms with Crippen molar-refractivity contribution in [1.29, 1.82) is 0 Å². The number of carbonyl (C=O) groups excluding carboxylic acids is 1. The molecule has 0 saturated heterocycles. The SMILES string of the molecule is Nc1ccc(C(=O)Cl)cc1C=Cc1ccccc1. The van der Waals surface area contributed by atoms with E-state index in [4.69, 9.17) is 17.3 Å². The van der Waals surface area contributed by atoms with Gasteiger partial charge in [-0.1, -0.05) is 42.5 Å². The van der Waals surface area contributed by atoms with E-state index in [2.05, 4.69) is 0 Å². The summed E-state index contributed by atoms with van der Waals surface area (Å²) in [5.74, 6) is 0. The Morgan fingerprint density at radius 3 is 2.44 bits per heavy atom. The number of benzene rings is 2. The maximum Gasteiger partial charge on any atom is 0.252 e. The summed E-state index contributed by atoms with van der Waals surface area (Å²) in [7, 11) is 0. The van der Waals surface area contributed by atoms with E-state index in [9.17, 15) is 4.79 Å². The van der Waals surface area contributed by atoms with E-state index in [0.717, 1.165) is 11.1 Å². The largest absolute Gasteiger partial charge is 0.398 e. The quantitative estimate of drug-likeness (QED) is 0.516. The maximum atomic E-state index is 11.1. The third-order valence-electron chi connectivity index (χ3n) is 2.57. The van der Waals surface area contributed by atoms with Crippen LogP contribution in [0.15, 0.2) is 48.5 Å². The molecule has 2 nitrogen and oxygen atoms in total. The van der Waals surface area contributed by atoms with Crippen molar-refractivity contribution in [2.75, 3.05) is 5.73 Å². The molecule has 0 aliphatic rings. The van der Waals surface area contributed by atoms with Gasteiger partial charge < -0.3 is 5.73 Å². The first-order valence-corrected chi connectivity index (χ1v) is 5.87. The topological polar surface area (TPSA) is 43.1 Å². The summed E-state index contributed by atoms with van der Waals surface area (Å²) >= 11 is 5.44. The molecule has 3 heteroatoms. The number of hydrogen-bond donors (Lipinski definition) is 1. The Balaban J connectivity index is 2.31. The van der Waals surface area contributed by atoms with E-state index in [1.165, 1.54) is 0 Å². The lowest BCUT2D eigenvalue weighted by atomic mass is 10.1. The monoisotopic (exact) mass is 257 g/mol. The molecule has 0 aliphatic carbocycles. The Morgan fingerprint density at radius 2 is 1.78 bits per heavy atom. The van der Waals surface area contributed by atoms with Crippen LogP contribution in [0.2, 0.25) is 0 Å². The smallest absolute Gasteiger partial charge is 0.252 e. The molecule has 0 atom stereocenters. The molecule has 0 aliphatic heterocycles. The molecule has 0 bridgehead atoms. The van der Waals surface area contributed by atoms with Crippen molar-refractivity contribution >= 4 is 34.7 Å². The number of nitrogens with two attached hydrogens (primary N) is 1. The van der Waals surface area contributed by atoms with Crippen molar-refractivity contribution in [3.63, 3.8) is 0 Å². The molecule has 2 rings (SSSR count). The van der Waals surface area contributed by atoms with Crippen molar-refractivity contribution in [3.05, 3.63) is 65.2 Å². The lowest BCUT2D eigenvalue weighted by Crippen LogP contribution is -1.94. The lowest BCUT2D eigenvalue weighted by Gasteiger charge is -2.02. The molecule has 0 spiro atoms. The second kappa shape index (κ2) is 5.52. The van der Waals surface area contributed by atoms with Gasteiger partial charge in [0.25, 0.3) is 5.24 Å². The zero-order valence-corrected chi connectivity index (χ0v) is 10.4. The fraction of sp³-hybridized carbons (Fsp3) is 0. The van der Waals surface area contributed by atoms with E-state index < -0.39 is 5.24 Å². The summed E-state index contributed by atoms with van der Waals surface area (Å²) in [4.78, 5) is 11.1. The number of anilines is 1. The molecule has 2 aromatic rings. The molecule has 18 heavy (non-hydrogen) atoms. The van der Waals surface area contributed by atoms with Gasteiger partial charge in [-0.2, -0.15) is 0 Å². The number of nitrogen functional groups attached to an aromatic ring is 1. The molecule has 0 amide bonds. The fourth-order valence-corrected chi connectivity index (χ4v) is 1.71. The van der Waals surface area contributed by atoms with Gasteiger partial charge in [0, 0.05) is 11.3 Å². The van der Waals surface area contributed by atoms with Crippen molar-refractivity contribution in [3.8, 4) is 0 Å². The molecule has 0 unspecified atom stereocenters. The van der Waals surface area contributed by atoms with Crippen molar-refractivity contribution in [1.82, 2.24) is 0 Å². The minimum Gasteiger partial charge on any atom is -0.398 e. The molecular weight excluding hydrogens is 246 g/mol. The second-order valence-corrected chi connectivity index (χ2v) is 4.20. The third-order valence-corrected chi connectivity index (χ3v) is 2.79. The van der Waals surface area contributed by atoms with E-state index in [-0.39, 0.29) is 0 Å². The Bertz CT molecular complexity index is 591. The Labute approximate surface area is 111 Å². The zero-order chi connectivity index (χ0) is 13.0. The van der Waals surface area contributed by atoms with Crippen LogP contribution in [0, 0.1) is 0 Å². The van der Waals surface area contributed by atoms with E-state index in [1.54, 1.807) is 18.2 Å². The van der Waals surface area contributed by atoms with Gasteiger partial charge in [-0.25, -0.2) is 0 Å².